The lowest BCUT2D eigenvalue weighted by Crippen LogP contribution is -2.10. The minimum absolute atomic E-state index is 0.394. The van der Waals surface area contributed by atoms with Crippen molar-refractivity contribution >= 4 is 15.9 Å². The fraction of sp³-hybridized carbons (Fsp3) is 0.333. The molecule has 1 aromatic carbocycles. The summed E-state index contributed by atoms with van der Waals surface area (Å²) in [5, 5.41) is 8.45. The van der Waals surface area contributed by atoms with E-state index in [1.165, 1.54) is 0 Å². The molecule has 2 rings (SSSR count). The van der Waals surface area contributed by atoms with Gasteiger partial charge in [0.2, 0.25) is 5.88 Å². The van der Waals surface area contributed by atoms with Crippen molar-refractivity contribution in [1.29, 1.82) is 0 Å². The summed E-state index contributed by atoms with van der Waals surface area (Å²) in [6.07, 6.45) is 1.72. The first kappa shape index (κ1) is 14.9. The van der Waals surface area contributed by atoms with Gasteiger partial charge in [0.15, 0.2) is 0 Å². The van der Waals surface area contributed by atoms with E-state index in [0.29, 0.717) is 18.2 Å². The lowest BCUT2D eigenvalue weighted by molar-refractivity contribution is 0.443. The van der Waals surface area contributed by atoms with Gasteiger partial charge >= 0.3 is 0 Å². The highest BCUT2D eigenvalue weighted by Gasteiger charge is 2.15. The maximum absolute atomic E-state index is 5.88. The number of benzene rings is 1. The van der Waals surface area contributed by atoms with Crippen molar-refractivity contribution in [3.63, 3.8) is 0 Å². The highest BCUT2D eigenvalue weighted by atomic mass is 79.9. The molecule has 0 atom stereocenters. The molecule has 0 saturated carbocycles. The fourth-order valence-electron chi connectivity index (χ4n) is 2.16. The van der Waals surface area contributed by atoms with Crippen molar-refractivity contribution < 1.29 is 4.74 Å². The Bertz CT molecular complexity index is 602. The van der Waals surface area contributed by atoms with Crippen molar-refractivity contribution in [3.8, 4) is 11.6 Å². The van der Waals surface area contributed by atoms with Gasteiger partial charge in [0.05, 0.1) is 10.2 Å². The van der Waals surface area contributed by atoms with Gasteiger partial charge in [-0.05, 0) is 46.5 Å². The molecule has 2 aromatic rings. The first-order chi connectivity index (χ1) is 9.71. The lowest BCUT2D eigenvalue weighted by Gasteiger charge is -2.14. The third kappa shape index (κ3) is 2.99. The first-order valence-corrected chi connectivity index (χ1v) is 7.50. The monoisotopic (exact) mass is 335 g/mol. The predicted octanol–water partition coefficient (Wildman–Crippen LogP) is 3.61. The van der Waals surface area contributed by atoms with Gasteiger partial charge < -0.3 is 10.5 Å². The normalized spacial score (nSPS) is 10.6. The molecule has 0 amide bonds. The Hall–Kier alpha value is -1.46. The van der Waals surface area contributed by atoms with Crippen molar-refractivity contribution in [1.82, 2.24) is 10.2 Å². The van der Waals surface area contributed by atoms with E-state index in [-0.39, 0.29) is 0 Å². The molecule has 4 nitrogen and oxygen atoms in total. The number of aromatic nitrogens is 2. The molecule has 0 fully saturated rings. The molecule has 0 aliphatic rings. The van der Waals surface area contributed by atoms with Crippen LogP contribution in [0.4, 0.5) is 0 Å². The largest absolute Gasteiger partial charge is 0.436 e. The molecule has 1 heterocycles. The van der Waals surface area contributed by atoms with Gasteiger partial charge in [-0.2, -0.15) is 5.10 Å². The highest BCUT2D eigenvalue weighted by Crippen LogP contribution is 2.31. The number of aryl methyl sites for hydroxylation is 1. The third-order valence-electron chi connectivity index (χ3n) is 3.17. The average molecular weight is 336 g/mol. The number of ether oxygens (including phenoxy) is 1. The van der Waals surface area contributed by atoms with Crippen molar-refractivity contribution in [2.45, 2.75) is 33.2 Å². The Kier molecular flexibility index (Phi) is 5.09. The number of halogens is 1. The second kappa shape index (κ2) is 6.81. The van der Waals surface area contributed by atoms with Crippen LogP contribution in [0.2, 0.25) is 0 Å². The van der Waals surface area contributed by atoms with E-state index in [2.05, 4.69) is 40.0 Å². The van der Waals surface area contributed by atoms with Crippen LogP contribution in [0.3, 0.4) is 0 Å². The van der Waals surface area contributed by atoms with Crippen LogP contribution in [-0.2, 0) is 19.4 Å². The van der Waals surface area contributed by atoms with Gasteiger partial charge in [-0.15, -0.1) is 5.10 Å². The van der Waals surface area contributed by atoms with E-state index in [4.69, 9.17) is 10.5 Å². The summed E-state index contributed by atoms with van der Waals surface area (Å²) >= 11 is 3.46. The van der Waals surface area contributed by atoms with E-state index in [9.17, 15) is 0 Å². The molecule has 0 aliphatic carbocycles. The smallest absolute Gasteiger partial charge is 0.243 e. The molecular formula is C15H18BrN3O. The van der Waals surface area contributed by atoms with Gasteiger partial charge in [0.1, 0.15) is 5.75 Å². The number of nitrogens with two attached hydrogens (primary N) is 1. The maximum atomic E-state index is 5.88. The number of nitrogens with zero attached hydrogens (tertiary/aromatic N) is 2. The summed E-state index contributed by atoms with van der Waals surface area (Å²) in [7, 11) is 0. The van der Waals surface area contributed by atoms with Crippen LogP contribution >= 0.6 is 15.9 Å². The van der Waals surface area contributed by atoms with Crippen molar-refractivity contribution in [2.75, 3.05) is 0 Å². The van der Waals surface area contributed by atoms with Crippen LogP contribution in [0.5, 0.6) is 11.6 Å². The number of hydrogen-bond donors (Lipinski definition) is 1. The second-order valence-electron chi connectivity index (χ2n) is 4.35. The second-order valence-corrected chi connectivity index (χ2v) is 5.21. The van der Waals surface area contributed by atoms with Gasteiger partial charge in [-0.25, -0.2) is 0 Å². The molecule has 20 heavy (non-hydrogen) atoms. The summed E-state index contributed by atoms with van der Waals surface area (Å²) in [4.78, 5) is 0. The summed E-state index contributed by atoms with van der Waals surface area (Å²) in [6.45, 7) is 4.56. The molecule has 0 radical (unpaired) electrons. The quantitative estimate of drug-likeness (QED) is 0.906. The van der Waals surface area contributed by atoms with E-state index in [0.717, 1.165) is 34.1 Å². The van der Waals surface area contributed by atoms with E-state index >= 15 is 0 Å². The summed E-state index contributed by atoms with van der Waals surface area (Å²) in [6, 6.07) is 7.65. The summed E-state index contributed by atoms with van der Waals surface area (Å²) < 4.78 is 6.75. The minimum Gasteiger partial charge on any atom is -0.436 e. The first-order valence-electron chi connectivity index (χ1n) is 6.70. The van der Waals surface area contributed by atoms with E-state index < -0.39 is 0 Å². The topological polar surface area (TPSA) is 61.0 Å². The van der Waals surface area contributed by atoms with Gasteiger partial charge in [-0.1, -0.05) is 26.0 Å². The average Bonchev–Trinajstić information content (AvgIpc) is 2.48. The van der Waals surface area contributed by atoms with Gasteiger partial charge in [0.25, 0.3) is 0 Å². The molecule has 2 N–H and O–H groups in total. The molecule has 0 saturated heterocycles. The molecule has 0 aliphatic heterocycles. The van der Waals surface area contributed by atoms with Gasteiger partial charge in [-0.3, -0.25) is 0 Å². The zero-order chi connectivity index (χ0) is 14.5. The maximum Gasteiger partial charge on any atom is 0.243 e. The van der Waals surface area contributed by atoms with E-state index in [1.807, 2.05) is 24.3 Å². The molecule has 1 aromatic heterocycles. The van der Waals surface area contributed by atoms with Crippen LogP contribution in [0.1, 0.15) is 30.7 Å². The fourth-order valence-corrected chi connectivity index (χ4v) is 2.52. The van der Waals surface area contributed by atoms with Crippen molar-refractivity contribution in [3.05, 3.63) is 45.6 Å². The van der Waals surface area contributed by atoms with Crippen LogP contribution < -0.4 is 10.5 Å². The number of rotatable bonds is 5. The van der Waals surface area contributed by atoms with Crippen molar-refractivity contribution in [2.24, 2.45) is 5.73 Å². The van der Waals surface area contributed by atoms with Crippen LogP contribution in [0.25, 0.3) is 0 Å². The van der Waals surface area contributed by atoms with Gasteiger partial charge in [0, 0.05) is 12.1 Å². The predicted molar refractivity (Wildman–Crippen MR) is 82.9 cm³/mol. The molecule has 106 valence electrons. The summed E-state index contributed by atoms with van der Waals surface area (Å²) in [5.74, 6) is 1.20. The summed E-state index contributed by atoms with van der Waals surface area (Å²) in [5.41, 5.74) is 8.96. The zero-order valence-corrected chi connectivity index (χ0v) is 13.3. The Morgan fingerprint density at radius 1 is 1.10 bits per heavy atom. The third-order valence-corrected chi connectivity index (χ3v) is 3.82. The van der Waals surface area contributed by atoms with Crippen LogP contribution in [0.15, 0.2) is 28.7 Å². The Morgan fingerprint density at radius 2 is 1.85 bits per heavy atom. The Morgan fingerprint density at radius 3 is 2.45 bits per heavy atom. The molecule has 0 unspecified atom stereocenters. The number of hydrogen-bond acceptors (Lipinski definition) is 4. The molecule has 5 heteroatoms. The molecule has 0 bridgehead atoms. The Labute approximate surface area is 127 Å². The SMILES string of the molecule is CCc1nnc(Oc2ccccc2Br)c(CN)c1CC. The highest BCUT2D eigenvalue weighted by molar-refractivity contribution is 9.10. The Balaban J connectivity index is 2.44. The number of para-hydroxylation sites is 1. The molecular weight excluding hydrogens is 318 g/mol. The lowest BCUT2D eigenvalue weighted by atomic mass is 10.0. The van der Waals surface area contributed by atoms with Crippen LogP contribution in [0, 0.1) is 0 Å². The van der Waals surface area contributed by atoms with Crippen LogP contribution in [-0.4, -0.2) is 10.2 Å². The van der Waals surface area contributed by atoms with E-state index in [1.54, 1.807) is 0 Å². The minimum atomic E-state index is 0.394. The zero-order valence-electron chi connectivity index (χ0n) is 11.7. The molecule has 0 spiro atoms. The standard InChI is InChI=1S/C15H18BrN3O/c1-3-10-11(9-17)15(19-18-13(10)4-2)20-14-8-6-5-7-12(14)16/h5-8H,3-4,9,17H2,1-2H3.